The molecule has 1 N–H and O–H groups in total. The van der Waals surface area contributed by atoms with Crippen molar-refractivity contribution in [2.45, 2.75) is 55.0 Å². The highest BCUT2D eigenvalue weighted by molar-refractivity contribution is 8.00. The van der Waals surface area contributed by atoms with Crippen molar-refractivity contribution in [1.29, 1.82) is 0 Å². The van der Waals surface area contributed by atoms with Crippen LogP contribution in [0, 0.1) is 0 Å². The summed E-state index contributed by atoms with van der Waals surface area (Å²) in [6.07, 6.45) is 4.74. The summed E-state index contributed by atoms with van der Waals surface area (Å²) in [6, 6.07) is 5.51. The molecule has 0 saturated heterocycles. The highest BCUT2D eigenvalue weighted by atomic mass is 35.5. The van der Waals surface area contributed by atoms with E-state index in [0.29, 0.717) is 27.7 Å². The van der Waals surface area contributed by atoms with Crippen molar-refractivity contribution >= 4 is 46.6 Å². The van der Waals surface area contributed by atoms with Gasteiger partial charge in [-0.2, -0.15) is 0 Å². The molecule has 2 aliphatic rings. The minimum absolute atomic E-state index is 0.110. The van der Waals surface area contributed by atoms with Crippen LogP contribution in [0.4, 0.5) is 5.69 Å². The molecule has 1 amide bonds. The molecule has 25 heavy (non-hydrogen) atoms. The average Bonchev–Trinajstić information content (AvgIpc) is 3.45. The summed E-state index contributed by atoms with van der Waals surface area (Å²) in [5.41, 5.74) is 0.595. The van der Waals surface area contributed by atoms with Gasteiger partial charge in [0.05, 0.1) is 5.25 Å². The van der Waals surface area contributed by atoms with E-state index < -0.39 is 0 Å². The number of amides is 1. The molecule has 0 spiro atoms. The number of aromatic nitrogens is 3. The first kappa shape index (κ1) is 17.2. The third-order valence-corrected chi connectivity index (χ3v) is 5.82. The quantitative estimate of drug-likeness (QED) is 0.704. The summed E-state index contributed by atoms with van der Waals surface area (Å²) in [7, 11) is 0. The lowest BCUT2D eigenvalue weighted by Gasteiger charge is -2.13. The summed E-state index contributed by atoms with van der Waals surface area (Å²) >= 11 is 13.4. The van der Waals surface area contributed by atoms with Crippen LogP contribution in [0.1, 0.15) is 50.4 Å². The van der Waals surface area contributed by atoms with E-state index in [4.69, 9.17) is 23.2 Å². The Balaban J connectivity index is 1.46. The Morgan fingerprint density at radius 3 is 2.48 bits per heavy atom. The fourth-order valence-electron chi connectivity index (χ4n) is 2.75. The summed E-state index contributed by atoms with van der Waals surface area (Å²) in [5.74, 6) is 1.54. The molecule has 8 heteroatoms. The van der Waals surface area contributed by atoms with E-state index in [-0.39, 0.29) is 11.2 Å². The Labute approximate surface area is 160 Å². The molecule has 4 rings (SSSR count). The van der Waals surface area contributed by atoms with E-state index in [2.05, 4.69) is 20.1 Å². The molecule has 2 fully saturated rings. The Morgan fingerprint density at radius 1 is 1.20 bits per heavy atom. The van der Waals surface area contributed by atoms with Crippen molar-refractivity contribution < 1.29 is 4.79 Å². The van der Waals surface area contributed by atoms with Crippen LogP contribution in [-0.4, -0.2) is 25.9 Å². The standard InChI is InChI=1S/C17H18Cl2N4OS/c1-9(16(24)20-13-7-11(18)6-12(19)8-13)25-17-22-21-15(10-2-3-10)23(17)14-4-5-14/h6-10,14H,2-5H2,1H3,(H,20,24). The van der Waals surface area contributed by atoms with Crippen LogP contribution in [0.2, 0.25) is 10.0 Å². The number of nitrogens with one attached hydrogen (secondary N) is 1. The van der Waals surface area contributed by atoms with Gasteiger partial charge >= 0.3 is 0 Å². The van der Waals surface area contributed by atoms with Crippen molar-refractivity contribution in [2.24, 2.45) is 0 Å². The second-order valence-corrected chi connectivity index (χ2v) is 8.80. The molecule has 5 nitrogen and oxygen atoms in total. The Hall–Kier alpha value is -1.24. The second kappa shape index (κ2) is 6.82. The molecule has 2 aliphatic carbocycles. The molecule has 1 heterocycles. The zero-order chi connectivity index (χ0) is 17.6. The zero-order valence-corrected chi connectivity index (χ0v) is 16.0. The molecule has 2 aromatic rings. The zero-order valence-electron chi connectivity index (χ0n) is 13.7. The summed E-state index contributed by atoms with van der Waals surface area (Å²) in [6.45, 7) is 1.87. The first-order valence-electron chi connectivity index (χ1n) is 8.39. The number of hydrogen-bond donors (Lipinski definition) is 1. The Morgan fingerprint density at radius 2 is 1.88 bits per heavy atom. The average molecular weight is 397 g/mol. The number of carbonyl (C=O) groups is 1. The third-order valence-electron chi connectivity index (χ3n) is 4.33. The van der Waals surface area contributed by atoms with Gasteiger partial charge in [0.25, 0.3) is 0 Å². The van der Waals surface area contributed by atoms with Gasteiger partial charge in [-0.1, -0.05) is 35.0 Å². The number of hydrogen-bond acceptors (Lipinski definition) is 4. The molecule has 2 saturated carbocycles. The van der Waals surface area contributed by atoms with Crippen LogP contribution < -0.4 is 5.32 Å². The fourth-order valence-corrected chi connectivity index (χ4v) is 4.20. The van der Waals surface area contributed by atoms with Gasteiger partial charge in [-0.3, -0.25) is 4.79 Å². The highest BCUT2D eigenvalue weighted by Crippen LogP contribution is 2.46. The molecule has 0 bridgehead atoms. The maximum atomic E-state index is 12.5. The van der Waals surface area contributed by atoms with Crippen LogP contribution in [0.3, 0.4) is 0 Å². The van der Waals surface area contributed by atoms with Crippen molar-refractivity contribution in [3.63, 3.8) is 0 Å². The highest BCUT2D eigenvalue weighted by Gasteiger charge is 2.37. The Bertz CT molecular complexity index is 797. The smallest absolute Gasteiger partial charge is 0.237 e. The maximum absolute atomic E-state index is 12.5. The fraction of sp³-hybridized carbons (Fsp3) is 0.471. The van der Waals surface area contributed by atoms with E-state index in [9.17, 15) is 4.79 Å². The van der Waals surface area contributed by atoms with Crippen LogP contribution in [0.25, 0.3) is 0 Å². The van der Waals surface area contributed by atoms with Gasteiger partial charge in [0, 0.05) is 27.7 Å². The van der Waals surface area contributed by atoms with Gasteiger partial charge < -0.3 is 9.88 Å². The number of anilines is 1. The molecule has 1 aromatic heterocycles. The number of benzene rings is 1. The van der Waals surface area contributed by atoms with Crippen LogP contribution in [0.5, 0.6) is 0 Å². The number of nitrogens with zero attached hydrogens (tertiary/aromatic N) is 3. The molecule has 1 atom stereocenters. The normalized spacial score (nSPS) is 18.2. The van der Waals surface area contributed by atoms with Crippen molar-refractivity contribution in [3.05, 3.63) is 34.1 Å². The number of thioether (sulfide) groups is 1. The lowest BCUT2D eigenvalue weighted by molar-refractivity contribution is -0.115. The third kappa shape index (κ3) is 3.96. The predicted molar refractivity (Wildman–Crippen MR) is 101 cm³/mol. The molecule has 0 aliphatic heterocycles. The molecule has 1 unspecified atom stereocenters. The van der Waals surface area contributed by atoms with Gasteiger partial charge in [-0.15, -0.1) is 10.2 Å². The lowest BCUT2D eigenvalue weighted by atomic mass is 10.3. The van der Waals surface area contributed by atoms with Crippen LogP contribution in [-0.2, 0) is 4.79 Å². The van der Waals surface area contributed by atoms with E-state index in [1.165, 1.54) is 37.4 Å². The second-order valence-electron chi connectivity index (χ2n) is 6.62. The number of carbonyl (C=O) groups excluding carboxylic acids is 1. The van der Waals surface area contributed by atoms with Crippen molar-refractivity contribution in [1.82, 2.24) is 14.8 Å². The van der Waals surface area contributed by atoms with Crippen molar-refractivity contribution in [2.75, 3.05) is 5.32 Å². The van der Waals surface area contributed by atoms with Gasteiger partial charge in [-0.25, -0.2) is 0 Å². The van der Waals surface area contributed by atoms with E-state index in [0.717, 1.165) is 11.0 Å². The minimum Gasteiger partial charge on any atom is -0.325 e. The molecule has 0 radical (unpaired) electrons. The van der Waals surface area contributed by atoms with Gasteiger partial charge in [-0.05, 0) is 50.8 Å². The van der Waals surface area contributed by atoms with Gasteiger partial charge in [0.2, 0.25) is 5.91 Å². The van der Waals surface area contributed by atoms with E-state index in [1.807, 2.05) is 6.92 Å². The summed E-state index contributed by atoms with van der Waals surface area (Å²) < 4.78 is 2.25. The predicted octanol–water partition coefficient (Wildman–Crippen LogP) is 4.92. The van der Waals surface area contributed by atoms with E-state index in [1.54, 1.807) is 18.2 Å². The maximum Gasteiger partial charge on any atom is 0.237 e. The van der Waals surface area contributed by atoms with Crippen molar-refractivity contribution in [3.8, 4) is 0 Å². The molecular weight excluding hydrogens is 379 g/mol. The van der Waals surface area contributed by atoms with Gasteiger partial charge in [0.1, 0.15) is 5.82 Å². The Kier molecular flexibility index (Phi) is 4.69. The molecule has 132 valence electrons. The monoisotopic (exact) mass is 396 g/mol. The van der Waals surface area contributed by atoms with Crippen LogP contribution >= 0.6 is 35.0 Å². The first-order valence-corrected chi connectivity index (χ1v) is 10.0. The minimum atomic E-state index is -0.300. The summed E-state index contributed by atoms with van der Waals surface area (Å²) in [5, 5.41) is 13.1. The van der Waals surface area contributed by atoms with Crippen LogP contribution in [0.15, 0.2) is 23.4 Å². The largest absolute Gasteiger partial charge is 0.325 e. The first-order chi connectivity index (χ1) is 12.0. The molecule has 1 aromatic carbocycles. The summed E-state index contributed by atoms with van der Waals surface area (Å²) in [4.78, 5) is 12.5. The van der Waals surface area contributed by atoms with E-state index >= 15 is 0 Å². The SMILES string of the molecule is CC(Sc1nnc(C2CC2)n1C1CC1)C(=O)Nc1cc(Cl)cc(Cl)c1. The molecular formula is C17H18Cl2N4OS. The lowest BCUT2D eigenvalue weighted by Crippen LogP contribution is -2.23. The number of rotatable bonds is 6. The topological polar surface area (TPSA) is 59.8 Å². The van der Waals surface area contributed by atoms with Gasteiger partial charge in [0.15, 0.2) is 5.16 Å². The number of halogens is 2.